The van der Waals surface area contributed by atoms with Crippen molar-refractivity contribution in [3.05, 3.63) is 0 Å². The van der Waals surface area contributed by atoms with Gasteiger partial charge in [-0.25, -0.2) is 0 Å². The molecule has 0 aromatic carbocycles. The molecule has 0 fully saturated rings. The average molecular weight is 199 g/mol. The van der Waals surface area contributed by atoms with E-state index in [0.29, 0.717) is 0 Å². The summed E-state index contributed by atoms with van der Waals surface area (Å²) in [6, 6.07) is 0. The first kappa shape index (κ1) is 14.0. The Bertz CT molecular complexity index is 101. The number of hydrogen-bond acceptors (Lipinski definition) is 1. The second kappa shape index (κ2) is 11.0. The minimum Gasteiger partial charge on any atom is -0.330 e. The van der Waals surface area contributed by atoms with Gasteiger partial charge in [0.15, 0.2) is 0 Å². The van der Waals surface area contributed by atoms with E-state index in [1.807, 2.05) is 0 Å². The Morgan fingerprint density at radius 2 is 1.36 bits per heavy atom. The molecule has 0 heterocycles. The number of unbranched alkanes of at least 4 members (excludes halogenated alkanes) is 6. The van der Waals surface area contributed by atoms with Gasteiger partial charge in [0.2, 0.25) is 0 Å². The molecule has 0 rings (SSSR count). The Morgan fingerprint density at radius 3 is 1.86 bits per heavy atom. The lowest BCUT2D eigenvalue weighted by atomic mass is 10.00. The predicted octanol–water partition coefficient (Wildman–Crippen LogP) is 4.11. The molecule has 0 unspecified atom stereocenters. The molecule has 0 saturated heterocycles. The van der Waals surface area contributed by atoms with Gasteiger partial charge >= 0.3 is 0 Å². The third kappa shape index (κ3) is 10.0. The number of nitrogens with two attached hydrogens (primary N) is 1. The molecule has 1 heteroatoms. The van der Waals surface area contributed by atoms with Crippen molar-refractivity contribution >= 4 is 0 Å². The van der Waals surface area contributed by atoms with Gasteiger partial charge in [0.1, 0.15) is 0 Å². The summed E-state index contributed by atoms with van der Waals surface area (Å²) < 4.78 is 0. The van der Waals surface area contributed by atoms with Gasteiger partial charge in [0.25, 0.3) is 0 Å². The van der Waals surface area contributed by atoms with Crippen LogP contribution in [0.1, 0.15) is 71.6 Å². The van der Waals surface area contributed by atoms with Gasteiger partial charge in [-0.1, -0.05) is 65.2 Å². The van der Waals surface area contributed by atoms with Crippen LogP contribution in [-0.4, -0.2) is 6.54 Å². The minimum atomic E-state index is 0.869. The van der Waals surface area contributed by atoms with Crippen LogP contribution < -0.4 is 5.73 Å². The summed E-state index contributed by atoms with van der Waals surface area (Å²) in [5.74, 6) is 0.937. The topological polar surface area (TPSA) is 26.0 Å². The molecule has 0 spiro atoms. The van der Waals surface area contributed by atoms with Gasteiger partial charge in [-0.05, 0) is 18.9 Å². The first-order chi connectivity index (χ1) is 6.81. The zero-order valence-corrected chi connectivity index (χ0v) is 10.2. The molecule has 14 heavy (non-hydrogen) atoms. The van der Waals surface area contributed by atoms with Gasteiger partial charge in [-0.15, -0.1) is 0 Å². The van der Waals surface area contributed by atoms with Crippen LogP contribution in [0.15, 0.2) is 0 Å². The van der Waals surface area contributed by atoms with Crippen LogP contribution >= 0.6 is 0 Å². The Morgan fingerprint density at radius 1 is 0.857 bits per heavy atom. The highest BCUT2D eigenvalue weighted by Crippen LogP contribution is 2.14. The molecule has 0 saturated carbocycles. The molecule has 0 amide bonds. The highest BCUT2D eigenvalue weighted by molar-refractivity contribution is 4.51. The van der Waals surface area contributed by atoms with E-state index in [-0.39, 0.29) is 0 Å². The van der Waals surface area contributed by atoms with Gasteiger partial charge in [-0.3, -0.25) is 0 Å². The zero-order valence-electron chi connectivity index (χ0n) is 10.2. The molecule has 0 aromatic rings. The molecule has 0 aromatic heterocycles. The van der Waals surface area contributed by atoms with Gasteiger partial charge < -0.3 is 5.73 Å². The van der Waals surface area contributed by atoms with E-state index in [1.54, 1.807) is 0 Å². The van der Waals surface area contributed by atoms with Crippen molar-refractivity contribution in [1.29, 1.82) is 0 Å². The third-order valence-electron chi connectivity index (χ3n) is 3.10. The van der Waals surface area contributed by atoms with E-state index in [4.69, 9.17) is 5.73 Å². The number of hydrogen-bond donors (Lipinski definition) is 1. The summed E-state index contributed by atoms with van der Waals surface area (Å²) in [5.41, 5.74) is 5.44. The fourth-order valence-corrected chi connectivity index (χ4v) is 1.73. The maximum absolute atomic E-state index is 5.44. The van der Waals surface area contributed by atoms with Crippen LogP contribution in [0.5, 0.6) is 0 Å². The molecule has 2 N–H and O–H groups in total. The molecule has 0 aliphatic rings. The van der Waals surface area contributed by atoms with Crippen molar-refractivity contribution in [2.45, 2.75) is 71.6 Å². The lowest BCUT2D eigenvalue weighted by Gasteiger charge is -2.07. The summed E-state index contributed by atoms with van der Waals surface area (Å²) in [6.07, 6.45) is 12.4. The van der Waals surface area contributed by atoms with Crippen molar-refractivity contribution < 1.29 is 0 Å². The van der Waals surface area contributed by atoms with E-state index < -0.39 is 0 Å². The number of rotatable bonds is 10. The largest absolute Gasteiger partial charge is 0.330 e. The molecule has 0 radical (unpaired) electrons. The fourth-order valence-electron chi connectivity index (χ4n) is 1.73. The summed E-state index contributed by atoms with van der Waals surface area (Å²) >= 11 is 0. The average Bonchev–Trinajstić information content (AvgIpc) is 2.21. The molecule has 0 aliphatic carbocycles. The van der Waals surface area contributed by atoms with Crippen molar-refractivity contribution in [2.75, 3.05) is 6.54 Å². The van der Waals surface area contributed by atoms with Crippen molar-refractivity contribution in [3.8, 4) is 0 Å². The molecular formula is C13H29N. The molecule has 1 nitrogen and oxygen atoms in total. The van der Waals surface area contributed by atoms with Crippen LogP contribution in [0.25, 0.3) is 0 Å². The Labute approximate surface area is 90.5 Å². The fraction of sp³-hybridized carbons (Fsp3) is 1.00. The highest BCUT2D eigenvalue weighted by atomic mass is 14.5. The van der Waals surface area contributed by atoms with Crippen LogP contribution in [0.2, 0.25) is 0 Å². The quantitative estimate of drug-likeness (QED) is 0.526. The molecular weight excluding hydrogens is 170 g/mol. The summed E-state index contributed by atoms with van der Waals surface area (Å²) in [6.45, 7) is 5.52. The SMILES string of the molecule is CC[C@H](C)CCCCCCCCCN. The van der Waals surface area contributed by atoms with Gasteiger partial charge in [-0.2, -0.15) is 0 Å². The normalized spacial score (nSPS) is 13.1. The lowest BCUT2D eigenvalue weighted by molar-refractivity contribution is 0.470. The van der Waals surface area contributed by atoms with Crippen LogP contribution in [0, 0.1) is 5.92 Å². The van der Waals surface area contributed by atoms with E-state index in [0.717, 1.165) is 12.5 Å². The monoisotopic (exact) mass is 199 g/mol. The Balaban J connectivity index is 2.92. The Kier molecular flexibility index (Phi) is 11.0. The molecule has 1 atom stereocenters. The minimum absolute atomic E-state index is 0.869. The van der Waals surface area contributed by atoms with E-state index >= 15 is 0 Å². The van der Waals surface area contributed by atoms with Gasteiger partial charge in [0.05, 0.1) is 0 Å². The predicted molar refractivity (Wildman–Crippen MR) is 65.4 cm³/mol. The summed E-state index contributed by atoms with van der Waals surface area (Å²) in [4.78, 5) is 0. The van der Waals surface area contributed by atoms with Crippen LogP contribution in [0.3, 0.4) is 0 Å². The molecule has 86 valence electrons. The van der Waals surface area contributed by atoms with E-state index in [1.165, 1.54) is 57.8 Å². The van der Waals surface area contributed by atoms with Crippen LogP contribution in [-0.2, 0) is 0 Å². The zero-order chi connectivity index (χ0) is 10.6. The van der Waals surface area contributed by atoms with Gasteiger partial charge in [0, 0.05) is 0 Å². The van der Waals surface area contributed by atoms with Crippen molar-refractivity contribution in [2.24, 2.45) is 11.7 Å². The summed E-state index contributed by atoms with van der Waals surface area (Å²) in [7, 11) is 0. The van der Waals surface area contributed by atoms with Crippen molar-refractivity contribution in [3.63, 3.8) is 0 Å². The molecule has 0 aliphatic heterocycles. The first-order valence-electron chi connectivity index (χ1n) is 6.51. The second-order valence-electron chi connectivity index (χ2n) is 4.57. The highest BCUT2D eigenvalue weighted by Gasteiger charge is 1.97. The third-order valence-corrected chi connectivity index (χ3v) is 3.10. The smallest absolute Gasteiger partial charge is 0.00773 e. The Hall–Kier alpha value is -0.0400. The second-order valence-corrected chi connectivity index (χ2v) is 4.57. The maximum Gasteiger partial charge on any atom is -0.00773 e. The molecule has 0 bridgehead atoms. The first-order valence-corrected chi connectivity index (χ1v) is 6.51. The van der Waals surface area contributed by atoms with E-state index in [2.05, 4.69) is 13.8 Å². The maximum atomic E-state index is 5.44. The standard InChI is InChI=1S/C13H29N/c1-3-13(2)11-9-7-5-4-6-8-10-12-14/h13H,3-12,14H2,1-2H3/t13-/m0/s1. The summed E-state index contributed by atoms with van der Waals surface area (Å²) in [5, 5.41) is 0. The van der Waals surface area contributed by atoms with E-state index in [9.17, 15) is 0 Å². The lowest BCUT2D eigenvalue weighted by Crippen LogP contribution is -1.97. The van der Waals surface area contributed by atoms with Crippen LogP contribution in [0.4, 0.5) is 0 Å². The van der Waals surface area contributed by atoms with Crippen molar-refractivity contribution in [1.82, 2.24) is 0 Å².